The first-order chi connectivity index (χ1) is 7.15. The van der Waals surface area contributed by atoms with Gasteiger partial charge in [0.25, 0.3) is 0 Å². The van der Waals surface area contributed by atoms with Gasteiger partial charge in [0.05, 0.1) is 11.9 Å². The zero-order chi connectivity index (χ0) is 10.8. The average molecular weight is 207 g/mol. The highest BCUT2D eigenvalue weighted by Gasteiger charge is 2.24. The van der Waals surface area contributed by atoms with Gasteiger partial charge in [-0.25, -0.2) is 0 Å². The van der Waals surface area contributed by atoms with E-state index in [2.05, 4.69) is 24.3 Å². The Bertz CT molecular complexity index is 318. The van der Waals surface area contributed by atoms with E-state index < -0.39 is 0 Å². The molecule has 15 heavy (non-hydrogen) atoms. The molecule has 2 rings (SSSR count). The van der Waals surface area contributed by atoms with Crippen molar-refractivity contribution < 1.29 is 0 Å². The van der Waals surface area contributed by atoms with Gasteiger partial charge in [-0.1, -0.05) is 13.8 Å². The van der Waals surface area contributed by atoms with Crippen LogP contribution in [0.3, 0.4) is 0 Å². The molecule has 3 atom stereocenters. The first-order valence-electron chi connectivity index (χ1n) is 5.90. The topological polar surface area (TPSA) is 29.9 Å². The quantitative estimate of drug-likeness (QED) is 0.808. The van der Waals surface area contributed by atoms with E-state index in [9.17, 15) is 0 Å². The van der Waals surface area contributed by atoms with Crippen molar-refractivity contribution in [3.63, 3.8) is 0 Å². The van der Waals surface area contributed by atoms with Crippen molar-refractivity contribution in [3.05, 3.63) is 12.4 Å². The summed E-state index contributed by atoms with van der Waals surface area (Å²) in [7, 11) is 1.96. The van der Waals surface area contributed by atoms with E-state index in [4.69, 9.17) is 0 Å². The van der Waals surface area contributed by atoms with Crippen LogP contribution in [0.1, 0.15) is 33.1 Å². The van der Waals surface area contributed by atoms with Crippen molar-refractivity contribution in [2.24, 2.45) is 18.9 Å². The molecule has 1 fully saturated rings. The Labute approximate surface area is 91.9 Å². The summed E-state index contributed by atoms with van der Waals surface area (Å²) in [5.74, 6) is 1.73. The Balaban J connectivity index is 1.90. The van der Waals surface area contributed by atoms with Gasteiger partial charge < -0.3 is 5.32 Å². The molecule has 84 valence electrons. The zero-order valence-electron chi connectivity index (χ0n) is 9.90. The van der Waals surface area contributed by atoms with Crippen molar-refractivity contribution in [1.29, 1.82) is 0 Å². The van der Waals surface area contributed by atoms with Crippen molar-refractivity contribution in [3.8, 4) is 0 Å². The van der Waals surface area contributed by atoms with E-state index in [0.29, 0.717) is 6.04 Å². The second-order valence-electron chi connectivity index (χ2n) is 5.01. The number of rotatable bonds is 2. The fourth-order valence-electron chi connectivity index (χ4n) is 2.41. The minimum atomic E-state index is 0.639. The zero-order valence-corrected chi connectivity index (χ0v) is 9.90. The Morgan fingerprint density at radius 3 is 2.73 bits per heavy atom. The predicted octanol–water partition coefficient (Wildman–Crippen LogP) is 2.66. The molecule has 0 aliphatic heterocycles. The van der Waals surface area contributed by atoms with E-state index in [1.54, 1.807) is 0 Å². The van der Waals surface area contributed by atoms with Crippen LogP contribution >= 0.6 is 0 Å². The second kappa shape index (κ2) is 4.25. The van der Waals surface area contributed by atoms with Crippen LogP contribution in [0.5, 0.6) is 0 Å². The minimum absolute atomic E-state index is 0.639. The van der Waals surface area contributed by atoms with Crippen LogP contribution in [0.4, 0.5) is 5.69 Å². The summed E-state index contributed by atoms with van der Waals surface area (Å²) in [6.45, 7) is 4.73. The summed E-state index contributed by atoms with van der Waals surface area (Å²) < 4.78 is 1.84. The lowest BCUT2D eigenvalue weighted by molar-refractivity contribution is 0.261. The van der Waals surface area contributed by atoms with Gasteiger partial charge >= 0.3 is 0 Å². The summed E-state index contributed by atoms with van der Waals surface area (Å²) in [4.78, 5) is 0. The monoisotopic (exact) mass is 207 g/mol. The van der Waals surface area contributed by atoms with E-state index in [-0.39, 0.29) is 0 Å². The highest BCUT2D eigenvalue weighted by molar-refractivity contribution is 5.39. The minimum Gasteiger partial charge on any atom is -0.380 e. The Morgan fingerprint density at radius 1 is 1.33 bits per heavy atom. The van der Waals surface area contributed by atoms with E-state index in [0.717, 1.165) is 17.5 Å². The Morgan fingerprint density at radius 2 is 2.13 bits per heavy atom. The highest BCUT2D eigenvalue weighted by atomic mass is 15.3. The molecular weight excluding hydrogens is 186 g/mol. The van der Waals surface area contributed by atoms with Crippen LogP contribution in [0.15, 0.2) is 12.4 Å². The van der Waals surface area contributed by atoms with Gasteiger partial charge in [0.2, 0.25) is 0 Å². The summed E-state index contributed by atoms with van der Waals surface area (Å²) >= 11 is 0. The fourth-order valence-corrected chi connectivity index (χ4v) is 2.41. The maximum Gasteiger partial charge on any atom is 0.0728 e. The van der Waals surface area contributed by atoms with E-state index in [1.165, 1.54) is 19.3 Å². The fraction of sp³-hybridized carbons (Fsp3) is 0.750. The molecule has 0 amide bonds. The van der Waals surface area contributed by atoms with Gasteiger partial charge in [-0.05, 0) is 31.1 Å². The average Bonchev–Trinajstić information content (AvgIpc) is 2.58. The van der Waals surface area contributed by atoms with Crippen LogP contribution in [0, 0.1) is 11.8 Å². The molecule has 0 bridgehead atoms. The van der Waals surface area contributed by atoms with Crippen LogP contribution in [-0.2, 0) is 7.05 Å². The first kappa shape index (κ1) is 10.5. The van der Waals surface area contributed by atoms with Crippen molar-refractivity contribution in [1.82, 2.24) is 9.78 Å². The summed E-state index contributed by atoms with van der Waals surface area (Å²) in [6, 6.07) is 0.639. The summed E-state index contributed by atoms with van der Waals surface area (Å²) in [5.41, 5.74) is 1.16. The van der Waals surface area contributed by atoms with Crippen LogP contribution in [-0.4, -0.2) is 15.8 Å². The molecule has 1 aromatic heterocycles. The summed E-state index contributed by atoms with van der Waals surface area (Å²) in [6.07, 6.45) is 7.88. The predicted molar refractivity (Wildman–Crippen MR) is 62.8 cm³/mol. The third-order valence-corrected chi connectivity index (χ3v) is 3.67. The van der Waals surface area contributed by atoms with Crippen LogP contribution < -0.4 is 5.32 Å². The number of nitrogens with zero attached hydrogens (tertiary/aromatic N) is 2. The normalized spacial score (nSPS) is 31.5. The first-order valence-corrected chi connectivity index (χ1v) is 5.90. The third-order valence-electron chi connectivity index (χ3n) is 3.67. The van der Waals surface area contributed by atoms with Crippen LogP contribution in [0.25, 0.3) is 0 Å². The molecule has 0 saturated heterocycles. The van der Waals surface area contributed by atoms with Crippen molar-refractivity contribution in [2.45, 2.75) is 39.2 Å². The van der Waals surface area contributed by atoms with Crippen molar-refractivity contribution >= 4 is 5.69 Å². The molecule has 3 heteroatoms. The third kappa shape index (κ3) is 2.52. The maximum atomic E-state index is 4.17. The van der Waals surface area contributed by atoms with Gasteiger partial charge in [0.15, 0.2) is 0 Å². The van der Waals surface area contributed by atoms with E-state index >= 15 is 0 Å². The van der Waals surface area contributed by atoms with Gasteiger partial charge in [-0.3, -0.25) is 4.68 Å². The number of aromatic nitrogens is 2. The number of anilines is 1. The van der Waals surface area contributed by atoms with Crippen molar-refractivity contribution in [2.75, 3.05) is 5.32 Å². The molecule has 1 saturated carbocycles. The lowest BCUT2D eigenvalue weighted by atomic mass is 9.79. The molecule has 3 nitrogen and oxygen atoms in total. The number of nitrogens with one attached hydrogen (secondary N) is 1. The maximum absolute atomic E-state index is 4.17. The molecule has 0 spiro atoms. The lowest BCUT2D eigenvalue weighted by Crippen LogP contribution is -2.30. The van der Waals surface area contributed by atoms with Crippen LogP contribution in [0.2, 0.25) is 0 Å². The van der Waals surface area contributed by atoms with Gasteiger partial charge in [-0.2, -0.15) is 5.10 Å². The summed E-state index contributed by atoms with van der Waals surface area (Å²) in [5, 5.41) is 7.74. The SMILES string of the molecule is CC1CCC(Nc2cnn(C)c2)CC1C. The second-order valence-corrected chi connectivity index (χ2v) is 5.01. The molecule has 1 aliphatic rings. The molecular formula is C12H21N3. The highest BCUT2D eigenvalue weighted by Crippen LogP contribution is 2.30. The Kier molecular flexibility index (Phi) is 2.98. The van der Waals surface area contributed by atoms with E-state index in [1.807, 2.05) is 24.1 Å². The smallest absolute Gasteiger partial charge is 0.0728 e. The molecule has 1 aliphatic carbocycles. The molecule has 0 aromatic carbocycles. The molecule has 1 N–H and O–H groups in total. The van der Waals surface area contributed by atoms with Gasteiger partial charge in [0.1, 0.15) is 0 Å². The molecule has 1 heterocycles. The van der Waals surface area contributed by atoms with Gasteiger partial charge in [-0.15, -0.1) is 0 Å². The number of hydrogen-bond acceptors (Lipinski definition) is 2. The largest absolute Gasteiger partial charge is 0.380 e. The van der Waals surface area contributed by atoms with Gasteiger partial charge in [0, 0.05) is 19.3 Å². The lowest BCUT2D eigenvalue weighted by Gasteiger charge is -2.32. The number of aryl methyl sites for hydroxylation is 1. The standard InChI is InChI=1S/C12H21N3/c1-9-4-5-11(6-10(9)2)14-12-7-13-15(3)8-12/h7-11,14H,4-6H2,1-3H3. The molecule has 3 unspecified atom stereocenters. The molecule has 0 radical (unpaired) electrons. The number of hydrogen-bond donors (Lipinski definition) is 1. The Hall–Kier alpha value is -0.990. The molecule has 1 aromatic rings.